The lowest BCUT2D eigenvalue weighted by atomic mass is 9.73. The molecule has 1 unspecified atom stereocenters. The number of aryl methyl sites for hydroxylation is 1. The van der Waals surface area contributed by atoms with Crippen molar-refractivity contribution in [1.29, 1.82) is 0 Å². The molecular formula is C37H36ClF3N10O5. The van der Waals surface area contributed by atoms with Crippen molar-refractivity contribution in [2.75, 3.05) is 49.6 Å². The first-order valence-electron chi connectivity index (χ1n) is 18.0. The number of alkyl halides is 3. The van der Waals surface area contributed by atoms with E-state index >= 15 is 0 Å². The molecule has 0 radical (unpaired) electrons. The van der Waals surface area contributed by atoms with Crippen LogP contribution in [0.4, 0.5) is 24.5 Å². The van der Waals surface area contributed by atoms with E-state index in [1.54, 1.807) is 28.7 Å². The maximum atomic E-state index is 14.6. The van der Waals surface area contributed by atoms with E-state index in [4.69, 9.17) is 21.3 Å². The molecule has 0 saturated carbocycles. The molecule has 2 fully saturated rings. The third kappa shape index (κ3) is 6.59. The Morgan fingerprint density at radius 1 is 1.07 bits per heavy atom. The molecule has 5 aromatic rings. The summed E-state index contributed by atoms with van der Waals surface area (Å²) in [5.74, 6) is -1.36. The third-order valence-electron chi connectivity index (χ3n) is 10.9. The molecule has 4 aromatic heterocycles. The van der Waals surface area contributed by atoms with Crippen molar-refractivity contribution in [2.24, 2.45) is 0 Å². The highest BCUT2D eigenvalue weighted by Gasteiger charge is 2.49. The Labute approximate surface area is 322 Å². The average molecular weight is 793 g/mol. The summed E-state index contributed by atoms with van der Waals surface area (Å²) < 4.78 is 48.2. The average Bonchev–Trinajstić information content (AvgIpc) is 3.75. The summed E-state index contributed by atoms with van der Waals surface area (Å²) in [6, 6.07) is 6.31. The lowest BCUT2D eigenvalue weighted by molar-refractivity contribution is -0.137. The van der Waals surface area contributed by atoms with E-state index in [0.717, 1.165) is 23.9 Å². The van der Waals surface area contributed by atoms with Crippen molar-refractivity contribution in [1.82, 2.24) is 39.0 Å². The molecule has 56 heavy (non-hydrogen) atoms. The number of aromatic hydroxyl groups is 1. The molecule has 1 aromatic carbocycles. The standard InChI is InChI=1S/C37H36ClF3N10O5/c1-20-16-36(7-9-49(10-8-36)34(55)29-31(53)21(2)43-19-44-29)28-30(20)50(18-27(52)45-25-5-3-22(15-24(25)38)37(39,40)41)35-46-32(47-51(35)33(28)54)26-6-4-23(17-42-26)48-11-13-56-14-12-48/h3-6,15,17,19-20,53H,7-14,16,18H2,1-2H3,(H,45,52). The van der Waals surface area contributed by atoms with Crippen molar-refractivity contribution in [3.05, 3.63) is 86.4 Å². The quantitative estimate of drug-likeness (QED) is 0.247. The number of carbonyl (C=O) groups excluding carboxylic acids is 2. The molecule has 1 atom stereocenters. The van der Waals surface area contributed by atoms with Gasteiger partial charge >= 0.3 is 6.18 Å². The number of morpholine rings is 1. The molecule has 15 nitrogen and oxygen atoms in total. The second kappa shape index (κ2) is 14.1. The molecule has 6 heterocycles. The second-order valence-corrected chi connectivity index (χ2v) is 14.8. The smallest absolute Gasteiger partial charge is 0.416 e. The van der Waals surface area contributed by atoms with Gasteiger partial charge in [-0.25, -0.2) is 9.97 Å². The molecule has 2 amide bonds. The van der Waals surface area contributed by atoms with Crippen LogP contribution in [-0.4, -0.2) is 95.3 Å². The number of hydrogen-bond donors (Lipinski definition) is 2. The summed E-state index contributed by atoms with van der Waals surface area (Å²) in [6.45, 7) is 6.32. The molecule has 2 N–H and O–H groups in total. The Morgan fingerprint density at radius 2 is 1.82 bits per heavy atom. The predicted molar refractivity (Wildman–Crippen MR) is 197 cm³/mol. The van der Waals surface area contributed by atoms with Gasteiger partial charge in [0.05, 0.1) is 47.1 Å². The zero-order valence-electron chi connectivity index (χ0n) is 30.3. The van der Waals surface area contributed by atoms with Crippen LogP contribution in [0, 0.1) is 6.92 Å². The number of nitrogens with one attached hydrogen (secondary N) is 1. The number of halogens is 4. The summed E-state index contributed by atoms with van der Waals surface area (Å²) in [7, 11) is 0. The molecule has 1 spiro atoms. The number of nitrogens with zero attached hydrogens (tertiary/aromatic N) is 9. The Morgan fingerprint density at radius 3 is 2.50 bits per heavy atom. The number of likely N-dealkylation sites (tertiary alicyclic amines) is 1. The van der Waals surface area contributed by atoms with Gasteiger partial charge in [0.1, 0.15) is 18.6 Å². The Kier molecular flexibility index (Phi) is 9.43. The van der Waals surface area contributed by atoms with Crippen LogP contribution in [0.25, 0.3) is 17.3 Å². The minimum absolute atomic E-state index is 0.0171. The highest BCUT2D eigenvalue weighted by Crippen LogP contribution is 2.50. The maximum absolute atomic E-state index is 14.6. The highest BCUT2D eigenvalue weighted by atomic mass is 35.5. The Hall–Kier alpha value is -5.62. The van der Waals surface area contributed by atoms with Crippen LogP contribution in [-0.2, 0) is 27.7 Å². The van der Waals surface area contributed by atoms with Gasteiger partial charge in [-0.15, -0.1) is 5.10 Å². The summed E-state index contributed by atoms with van der Waals surface area (Å²) in [4.78, 5) is 62.8. The summed E-state index contributed by atoms with van der Waals surface area (Å²) in [6.07, 6.45) is -0.354. The van der Waals surface area contributed by atoms with Crippen LogP contribution < -0.4 is 15.8 Å². The van der Waals surface area contributed by atoms with Crippen molar-refractivity contribution in [3.8, 4) is 17.3 Å². The summed E-state index contributed by atoms with van der Waals surface area (Å²) >= 11 is 6.18. The Bertz CT molecular complexity index is 2420. The molecule has 292 valence electrons. The number of amides is 2. The molecule has 19 heteroatoms. The number of fused-ring (bicyclic) bond motifs is 3. The fraction of sp³-hybridized carbons (Fsp3) is 0.405. The predicted octanol–water partition coefficient (Wildman–Crippen LogP) is 4.59. The molecule has 2 saturated heterocycles. The van der Waals surface area contributed by atoms with Gasteiger partial charge in [0.25, 0.3) is 11.5 Å². The molecule has 1 aliphatic carbocycles. The number of pyridine rings is 1. The number of carbonyl (C=O) groups is 2. The van der Waals surface area contributed by atoms with Crippen LogP contribution in [0.3, 0.4) is 0 Å². The lowest BCUT2D eigenvalue weighted by Gasteiger charge is -2.39. The van der Waals surface area contributed by atoms with E-state index < -0.39 is 34.5 Å². The number of hydrogen-bond acceptors (Lipinski definition) is 11. The maximum Gasteiger partial charge on any atom is 0.416 e. The highest BCUT2D eigenvalue weighted by molar-refractivity contribution is 6.33. The number of aromatic nitrogens is 7. The van der Waals surface area contributed by atoms with Crippen molar-refractivity contribution in [2.45, 2.75) is 57.2 Å². The zero-order valence-corrected chi connectivity index (χ0v) is 31.1. The van der Waals surface area contributed by atoms with Crippen LogP contribution in [0.2, 0.25) is 5.02 Å². The monoisotopic (exact) mass is 792 g/mol. The number of anilines is 2. The number of benzene rings is 1. The van der Waals surface area contributed by atoms with Crippen LogP contribution in [0.15, 0.2) is 47.7 Å². The largest absolute Gasteiger partial charge is 0.504 e. The Balaban J connectivity index is 1.17. The van der Waals surface area contributed by atoms with Crippen molar-refractivity contribution >= 4 is 40.6 Å². The van der Waals surface area contributed by atoms with E-state index in [9.17, 15) is 32.7 Å². The van der Waals surface area contributed by atoms with Crippen LogP contribution >= 0.6 is 11.6 Å². The van der Waals surface area contributed by atoms with Gasteiger partial charge in [-0.3, -0.25) is 19.4 Å². The molecule has 0 bridgehead atoms. The van der Waals surface area contributed by atoms with Gasteiger partial charge in [0.2, 0.25) is 17.5 Å². The van der Waals surface area contributed by atoms with E-state index in [2.05, 4.69) is 30.3 Å². The number of ether oxygens (including phenoxy) is 1. The van der Waals surface area contributed by atoms with Gasteiger partial charge in [0.15, 0.2) is 11.4 Å². The number of rotatable bonds is 6. The van der Waals surface area contributed by atoms with Gasteiger partial charge in [-0.1, -0.05) is 18.5 Å². The third-order valence-corrected chi connectivity index (χ3v) is 11.2. The summed E-state index contributed by atoms with van der Waals surface area (Å²) in [5.41, 5.74) is 0.425. The SMILES string of the molecule is Cc1ncnc(C(=O)N2CCC3(CC2)CC(C)c2c3c(=O)n3nc(-c4ccc(N5CCOCC5)cn4)nc3n2CC(=O)Nc2ccc(C(F)(F)F)cc2Cl)c1O. The van der Waals surface area contributed by atoms with E-state index in [-0.39, 0.29) is 65.0 Å². The fourth-order valence-electron chi connectivity index (χ4n) is 8.15. The van der Waals surface area contributed by atoms with Crippen molar-refractivity contribution in [3.63, 3.8) is 0 Å². The topological polar surface area (TPSA) is 173 Å². The van der Waals surface area contributed by atoms with Crippen molar-refractivity contribution < 1.29 is 32.6 Å². The van der Waals surface area contributed by atoms with Gasteiger partial charge in [-0.05, 0) is 62.4 Å². The van der Waals surface area contributed by atoms with Crippen LogP contribution in [0.5, 0.6) is 5.75 Å². The zero-order chi connectivity index (χ0) is 39.5. The molecular weight excluding hydrogens is 757 g/mol. The van der Waals surface area contributed by atoms with E-state index in [1.807, 2.05) is 13.0 Å². The second-order valence-electron chi connectivity index (χ2n) is 14.4. The molecule has 3 aliphatic rings. The summed E-state index contributed by atoms with van der Waals surface area (Å²) in [5, 5.41) is 17.4. The fourth-order valence-corrected chi connectivity index (χ4v) is 8.38. The first-order chi connectivity index (χ1) is 26.7. The minimum atomic E-state index is -4.62. The molecule has 2 aliphatic heterocycles. The van der Waals surface area contributed by atoms with Gasteiger partial charge < -0.3 is 29.5 Å². The first-order valence-corrected chi connectivity index (χ1v) is 18.4. The van der Waals surface area contributed by atoms with E-state index in [0.29, 0.717) is 62.5 Å². The normalized spacial score (nSPS) is 18.1. The molecule has 8 rings (SSSR count). The lowest BCUT2D eigenvalue weighted by Crippen LogP contribution is -2.46. The van der Waals surface area contributed by atoms with Gasteiger partial charge in [0, 0.05) is 42.9 Å². The van der Waals surface area contributed by atoms with Gasteiger partial charge in [-0.2, -0.15) is 22.7 Å². The first kappa shape index (κ1) is 37.3. The number of piperidine rings is 1. The minimum Gasteiger partial charge on any atom is -0.504 e. The van der Waals surface area contributed by atoms with E-state index in [1.165, 1.54) is 10.8 Å². The van der Waals surface area contributed by atoms with Crippen LogP contribution in [0.1, 0.15) is 65.1 Å².